The Labute approximate surface area is 174 Å². The van der Waals surface area contributed by atoms with Crippen molar-refractivity contribution < 1.29 is 19.0 Å². The lowest BCUT2D eigenvalue weighted by molar-refractivity contribution is -0.127. The summed E-state index contributed by atoms with van der Waals surface area (Å²) in [7, 11) is 0. The first-order chi connectivity index (χ1) is 13.8. The molecule has 0 heterocycles. The van der Waals surface area contributed by atoms with E-state index in [4.69, 9.17) is 14.2 Å². The van der Waals surface area contributed by atoms with Crippen LogP contribution in [0.15, 0.2) is 30.3 Å². The van der Waals surface area contributed by atoms with Crippen LogP contribution in [-0.4, -0.2) is 25.2 Å². The highest BCUT2D eigenvalue weighted by atomic mass is 16.5. The molecular formula is C24H33NO4. The molecule has 5 heteroatoms. The molecule has 2 rings (SSSR count). The lowest BCUT2D eigenvalue weighted by Crippen LogP contribution is -2.37. The molecule has 29 heavy (non-hydrogen) atoms. The first kappa shape index (κ1) is 22.6. The minimum absolute atomic E-state index is 0.164. The maximum absolute atomic E-state index is 12.7. The quantitative estimate of drug-likeness (QED) is 0.641. The fourth-order valence-corrected chi connectivity index (χ4v) is 3.12. The van der Waals surface area contributed by atoms with Gasteiger partial charge in [-0.1, -0.05) is 12.1 Å². The summed E-state index contributed by atoms with van der Waals surface area (Å²) in [6.45, 7) is 14.8. The smallest absolute Gasteiger partial charge is 0.261 e. The van der Waals surface area contributed by atoms with Crippen molar-refractivity contribution in [3.05, 3.63) is 52.6 Å². The van der Waals surface area contributed by atoms with Crippen LogP contribution in [0.2, 0.25) is 0 Å². The van der Waals surface area contributed by atoms with Crippen LogP contribution >= 0.6 is 0 Å². The lowest BCUT2D eigenvalue weighted by atomic mass is 10.1. The Morgan fingerprint density at radius 3 is 2.24 bits per heavy atom. The average molecular weight is 400 g/mol. The number of hydrogen-bond acceptors (Lipinski definition) is 4. The molecule has 0 saturated carbocycles. The van der Waals surface area contributed by atoms with E-state index < -0.39 is 6.10 Å². The zero-order valence-electron chi connectivity index (χ0n) is 18.6. The van der Waals surface area contributed by atoms with Crippen LogP contribution in [0.25, 0.3) is 0 Å². The van der Waals surface area contributed by atoms with Gasteiger partial charge in [-0.3, -0.25) is 4.79 Å². The number of aryl methyl sites for hydroxylation is 2. The number of carbonyl (C=O) groups is 1. The topological polar surface area (TPSA) is 56.8 Å². The van der Waals surface area contributed by atoms with E-state index in [1.807, 2.05) is 65.8 Å². The Hall–Kier alpha value is -2.69. The second-order valence-electron chi connectivity index (χ2n) is 7.27. The molecule has 0 aliphatic heterocycles. The van der Waals surface area contributed by atoms with Crippen molar-refractivity contribution in [2.75, 3.05) is 13.2 Å². The summed E-state index contributed by atoms with van der Waals surface area (Å²) in [5.41, 5.74) is 4.26. The standard InChI is InChI=1S/C24H33NO4/c1-8-27-21-11-10-20(14-23(21)28-9-2)18(6)25-24(26)19(7)29-22-13-15(3)12-16(4)17(22)5/h10-14,18-19H,8-9H2,1-7H3,(H,25,26)/t18-,19-/m0/s1. The highest BCUT2D eigenvalue weighted by molar-refractivity contribution is 5.81. The summed E-state index contributed by atoms with van der Waals surface area (Å²) < 4.78 is 17.3. The molecule has 5 nitrogen and oxygen atoms in total. The van der Waals surface area contributed by atoms with Crippen molar-refractivity contribution in [2.24, 2.45) is 0 Å². The summed E-state index contributed by atoms with van der Waals surface area (Å²) >= 11 is 0. The third kappa shape index (κ3) is 5.89. The predicted molar refractivity (Wildman–Crippen MR) is 116 cm³/mol. The van der Waals surface area contributed by atoms with Gasteiger partial charge in [0.1, 0.15) is 5.75 Å². The zero-order chi connectivity index (χ0) is 21.6. The maximum atomic E-state index is 12.7. The minimum atomic E-state index is -0.605. The molecule has 0 radical (unpaired) electrons. The summed E-state index contributed by atoms with van der Waals surface area (Å²) in [4.78, 5) is 12.7. The van der Waals surface area contributed by atoms with Crippen molar-refractivity contribution in [2.45, 2.75) is 60.6 Å². The highest BCUT2D eigenvalue weighted by Gasteiger charge is 2.20. The number of nitrogens with one attached hydrogen (secondary N) is 1. The van der Waals surface area contributed by atoms with Crippen LogP contribution in [0.4, 0.5) is 0 Å². The number of amides is 1. The van der Waals surface area contributed by atoms with E-state index in [-0.39, 0.29) is 11.9 Å². The molecule has 1 N–H and O–H groups in total. The molecule has 2 aromatic carbocycles. The van der Waals surface area contributed by atoms with E-state index in [2.05, 4.69) is 11.4 Å². The molecule has 0 aliphatic carbocycles. The van der Waals surface area contributed by atoms with Gasteiger partial charge in [-0.25, -0.2) is 0 Å². The normalized spacial score (nSPS) is 12.8. The molecule has 0 bridgehead atoms. The van der Waals surface area contributed by atoms with Crippen LogP contribution in [0.5, 0.6) is 17.2 Å². The zero-order valence-corrected chi connectivity index (χ0v) is 18.6. The van der Waals surface area contributed by atoms with Gasteiger partial charge in [-0.05, 0) is 88.9 Å². The molecule has 0 fully saturated rings. The third-order valence-electron chi connectivity index (χ3n) is 4.86. The van der Waals surface area contributed by atoms with Gasteiger partial charge in [0.2, 0.25) is 0 Å². The SMILES string of the molecule is CCOc1ccc([C@H](C)NC(=O)[C@H](C)Oc2cc(C)cc(C)c2C)cc1OCC. The first-order valence-electron chi connectivity index (χ1n) is 10.2. The number of carbonyl (C=O) groups excluding carboxylic acids is 1. The molecule has 0 aliphatic rings. The van der Waals surface area contributed by atoms with Crippen molar-refractivity contribution in [1.82, 2.24) is 5.32 Å². The molecule has 1 amide bonds. The average Bonchev–Trinajstić information content (AvgIpc) is 2.67. The lowest BCUT2D eigenvalue weighted by Gasteiger charge is -2.21. The van der Waals surface area contributed by atoms with Gasteiger partial charge in [0, 0.05) is 0 Å². The molecule has 2 aromatic rings. The highest BCUT2D eigenvalue weighted by Crippen LogP contribution is 2.31. The Bertz CT molecular complexity index is 847. The largest absolute Gasteiger partial charge is 0.490 e. The van der Waals surface area contributed by atoms with E-state index >= 15 is 0 Å². The molecule has 0 spiro atoms. The van der Waals surface area contributed by atoms with Crippen molar-refractivity contribution >= 4 is 5.91 Å². The van der Waals surface area contributed by atoms with E-state index in [1.165, 1.54) is 0 Å². The predicted octanol–water partition coefficient (Wildman–Crippen LogP) is 5.05. The third-order valence-corrected chi connectivity index (χ3v) is 4.86. The van der Waals surface area contributed by atoms with Gasteiger partial charge in [0.25, 0.3) is 5.91 Å². The molecule has 0 saturated heterocycles. The van der Waals surface area contributed by atoms with E-state index in [1.54, 1.807) is 6.92 Å². The monoisotopic (exact) mass is 399 g/mol. The summed E-state index contributed by atoms with van der Waals surface area (Å²) in [5.74, 6) is 1.97. The molecule has 158 valence electrons. The van der Waals surface area contributed by atoms with E-state index in [0.29, 0.717) is 24.7 Å². The van der Waals surface area contributed by atoms with Gasteiger partial charge in [0.15, 0.2) is 17.6 Å². The number of rotatable bonds is 9. The summed E-state index contributed by atoms with van der Waals surface area (Å²) in [6, 6.07) is 9.62. The molecule has 2 atom stereocenters. The van der Waals surface area contributed by atoms with E-state index in [9.17, 15) is 4.79 Å². The van der Waals surface area contributed by atoms with Crippen molar-refractivity contribution in [3.63, 3.8) is 0 Å². The number of benzene rings is 2. The molecular weight excluding hydrogens is 366 g/mol. The van der Waals surface area contributed by atoms with Gasteiger partial charge in [0.05, 0.1) is 19.3 Å². The van der Waals surface area contributed by atoms with Gasteiger partial charge >= 0.3 is 0 Å². The first-order valence-corrected chi connectivity index (χ1v) is 10.2. The van der Waals surface area contributed by atoms with E-state index in [0.717, 1.165) is 28.0 Å². The van der Waals surface area contributed by atoms with Crippen LogP contribution in [0, 0.1) is 20.8 Å². The van der Waals surface area contributed by atoms with Gasteiger partial charge in [-0.15, -0.1) is 0 Å². The van der Waals surface area contributed by atoms with Crippen LogP contribution < -0.4 is 19.5 Å². The number of ether oxygens (including phenoxy) is 3. The van der Waals surface area contributed by atoms with Crippen LogP contribution in [0.3, 0.4) is 0 Å². The Kier molecular flexibility index (Phi) is 7.94. The summed E-state index contributed by atoms with van der Waals surface area (Å²) in [6.07, 6.45) is -0.605. The second kappa shape index (κ2) is 10.2. The second-order valence-corrected chi connectivity index (χ2v) is 7.27. The van der Waals surface area contributed by atoms with Crippen LogP contribution in [0.1, 0.15) is 56.0 Å². The Balaban J connectivity index is 2.09. The Morgan fingerprint density at radius 2 is 1.59 bits per heavy atom. The fourth-order valence-electron chi connectivity index (χ4n) is 3.12. The van der Waals surface area contributed by atoms with Gasteiger partial charge < -0.3 is 19.5 Å². The molecule has 0 aromatic heterocycles. The Morgan fingerprint density at radius 1 is 0.931 bits per heavy atom. The van der Waals surface area contributed by atoms with Crippen molar-refractivity contribution in [1.29, 1.82) is 0 Å². The van der Waals surface area contributed by atoms with Gasteiger partial charge in [-0.2, -0.15) is 0 Å². The minimum Gasteiger partial charge on any atom is -0.490 e. The van der Waals surface area contributed by atoms with Crippen molar-refractivity contribution in [3.8, 4) is 17.2 Å². The van der Waals surface area contributed by atoms with Crippen LogP contribution in [-0.2, 0) is 4.79 Å². The maximum Gasteiger partial charge on any atom is 0.261 e. The number of hydrogen-bond donors (Lipinski definition) is 1. The molecule has 0 unspecified atom stereocenters. The summed E-state index contributed by atoms with van der Waals surface area (Å²) in [5, 5.41) is 3.03. The fraction of sp³-hybridized carbons (Fsp3) is 0.458.